The van der Waals surface area contributed by atoms with Crippen LogP contribution in [0.4, 0.5) is 28.0 Å². The molecule has 156 valence electrons. The number of halogens is 4. The number of aliphatic hydroxyl groups is 1. The second-order valence-electron chi connectivity index (χ2n) is 7.45. The van der Waals surface area contributed by atoms with Crippen molar-refractivity contribution in [1.29, 1.82) is 0 Å². The number of rotatable bonds is 3. The van der Waals surface area contributed by atoms with Gasteiger partial charge in [-0.05, 0) is 73.6 Å². The van der Waals surface area contributed by atoms with Gasteiger partial charge < -0.3 is 15.7 Å². The molecule has 2 aromatic rings. The van der Waals surface area contributed by atoms with Crippen molar-refractivity contribution >= 4 is 11.7 Å². The lowest BCUT2D eigenvalue weighted by atomic mass is 9.91. The van der Waals surface area contributed by atoms with E-state index in [1.807, 2.05) is 0 Å². The second kappa shape index (κ2) is 7.33. The number of carbonyl (C=O) groups excluding carboxylic acids is 1. The SMILES string of the molecule is Cc1cc2c(c(C)c1NC(=O)N[C@H](C)c1ccc(F)cc1)CC[C@]2(O)C(F)(F)F. The Balaban J connectivity index is 1.82. The van der Waals surface area contributed by atoms with E-state index >= 15 is 0 Å². The molecule has 3 rings (SSSR count). The van der Waals surface area contributed by atoms with Crippen molar-refractivity contribution in [3.05, 3.63) is 64.0 Å². The fraction of sp³-hybridized carbons (Fsp3) is 0.381. The molecule has 2 amide bonds. The highest BCUT2D eigenvalue weighted by Gasteiger charge is 2.58. The average Bonchev–Trinajstić information content (AvgIpc) is 2.97. The lowest BCUT2D eigenvalue weighted by molar-refractivity contribution is -0.265. The number of urea groups is 1. The van der Waals surface area contributed by atoms with Crippen LogP contribution in [0.3, 0.4) is 0 Å². The number of alkyl halides is 3. The van der Waals surface area contributed by atoms with E-state index in [1.54, 1.807) is 32.9 Å². The highest BCUT2D eigenvalue weighted by molar-refractivity contribution is 5.91. The molecule has 2 aromatic carbocycles. The van der Waals surface area contributed by atoms with Crippen LogP contribution in [0.2, 0.25) is 0 Å². The molecule has 0 fully saturated rings. The van der Waals surface area contributed by atoms with Crippen molar-refractivity contribution in [3.8, 4) is 0 Å². The first kappa shape index (κ1) is 21.1. The number of hydrogen-bond donors (Lipinski definition) is 3. The number of nitrogens with one attached hydrogen (secondary N) is 2. The Morgan fingerprint density at radius 2 is 1.83 bits per heavy atom. The summed E-state index contributed by atoms with van der Waals surface area (Å²) in [6.45, 7) is 4.95. The molecule has 0 saturated carbocycles. The third kappa shape index (κ3) is 3.81. The monoisotopic (exact) mass is 410 g/mol. The summed E-state index contributed by atoms with van der Waals surface area (Å²) in [5.41, 5.74) is -0.559. The molecule has 1 aliphatic carbocycles. The van der Waals surface area contributed by atoms with Gasteiger partial charge in [0.1, 0.15) is 5.82 Å². The molecular weight excluding hydrogens is 388 g/mol. The number of anilines is 1. The molecule has 0 bridgehead atoms. The van der Waals surface area contributed by atoms with Gasteiger partial charge >= 0.3 is 12.2 Å². The summed E-state index contributed by atoms with van der Waals surface area (Å²) < 4.78 is 53.2. The van der Waals surface area contributed by atoms with Gasteiger partial charge in [0.15, 0.2) is 5.60 Å². The van der Waals surface area contributed by atoms with E-state index in [1.165, 1.54) is 18.2 Å². The topological polar surface area (TPSA) is 61.4 Å². The Bertz CT molecular complexity index is 941. The fourth-order valence-corrected chi connectivity index (χ4v) is 3.82. The Hall–Kier alpha value is -2.61. The Morgan fingerprint density at radius 3 is 2.41 bits per heavy atom. The summed E-state index contributed by atoms with van der Waals surface area (Å²) in [5.74, 6) is -0.381. The maximum absolute atomic E-state index is 13.4. The molecular formula is C21H22F4N2O2. The van der Waals surface area contributed by atoms with E-state index in [-0.39, 0.29) is 17.8 Å². The van der Waals surface area contributed by atoms with Gasteiger partial charge in [-0.25, -0.2) is 9.18 Å². The molecule has 3 N–H and O–H groups in total. The van der Waals surface area contributed by atoms with Crippen molar-refractivity contribution < 1.29 is 27.5 Å². The normalized spacial score (nSPS) is 19.6. The van der Waals surface area contributed by atoms with Crippen LogP contribution < -0.4 is 10.6 Å². The first-order valence-electron chi connectivity index (χ1n) is 9.19. The number of aryl methyl sites for hydroxylation is 1. The maximum atomic E-state index is 13.4. The van der Waals surface area contributed by atoms with Crippen LogP contribution in [0.15, 0.2) is 30.3 Å². The molecule has 0 spiro atoms. The van der Waals surface area contributed by atoms with E-state index in [9.17, 15) is 27.5 Å². The third-order valence-corrected chi connectivity index (χ3v) is 5.52. The number of benzene rings is 2. The number of fused-ring (bicyclic) bond motifs is 1. The van der Waals surface area contributed by atoms with Crippen LogP contribution in [0.25, 0.3) is 0 Å². The molecule has 29 heavy (non-hydrogen) atoms. The highest BCUT2D eigenvalue weighted by atomic mass is 19.4. The summed E-state index contributed by atoms with van der Waals surface area (Å²) >= 11 is 0. The van der Waals surface area contributed by atoms with Crippen molar-refractivity contribution in [2.45, 2.75) is 51.4 Å². The van der Waals surface area contributed by atoms with Crippen molar-refractivity contribution in [2.75, 3.05) is 5.32 Å². The summed E-state index contributed by atoms with van der Waals surface area (Å²) in [4.78, 5) is 12.4. The van der Waals surface area contributed by atoms with E-state index in [0.29, 0.717) is 27.9 Å². The van der Waals surface area contributed by atoms with Gasteiger partial charge in [0.05, 0.1) is 6.04 Å². The highest BCUT2D eigenvalue weighted by Crippen LogP contribution is 2.50. The first-order chi connectivity index (χ1) is 13.4. The first-order valence-corrected chi connectivity index (χ1v) is 9.19. The van der Waals surface area contributed by atoms with E-state index in [0.717, 1.165) is 0 Å². The Morgan fingerprint density at radius 1 is 1.21 bits per heavy atom. The zero-order valence-corrected chi connectivity index (χ0v) is 16.2. The largest absolute Gasteiger partial charge is 0.421 e. The van der Waals surface area contributed by atoms with Gasteiger partial charge in [0, 0.05) is 5.69 Å². The summed E-state index contributed by atoms with van der Waals surface area (Å²) in [7, 11) is 0. The molecule has 8 heteroatoms. The molecule has 0 aliphatic heterocycles. The van der Waals surface area contributed by atoms with Gasteiger partial charge in [-0.2, -0.15) is 13.2 Å². The minimum absolute atomic E-state index is 0.0692. The van der Waals surface area contributed by atoms with Crippen LogP contribution >= 0.6 is 0 Å². The molecule has 4 nitrogen and oxygen atoms in total. The molecule has 0 heterocycles. The zero-order valence-electron chi connectivity index (χ0n) is 16.2. The molecule has 0 aromatic heterocycles. The second-order valence-corrected chi connectivity index (χ2v) is 7.45. The molecule has 1 aliphatic rings. The standard InChI is InChI=1S/C21H22F4N2O2/c1-11-10-17-16(8-9-20(17,29)21(23,24)25)12(2)18(11)27-19(28)26-13(3)14-4-6-15(22)7-5-14/h4-7,10,13,29H,8-9H2,1-3H3,(H2,26,27,28)/t13-,20-/m1/s1. The van der Waals surface area contributed by atoms with Crippen LogP contribution in [0, 0.1) is 19.7 Å². The van der Waals surface area contributed by atoms with Crippen LogP contribution in [0.5, 0.6) is 0 Å². The van der Waals surface area contributed by atoms with Gasteiger partial charge in [-0.3, -0.25) is 0 Å². The summed E-state index contributed by atoms with van der Waals surface area (Å²) in [5, 5.41) is 15.6. The van der Waals surface area contributed by atoms with Gasteiger partial charge in [-0.15, -0.1) is 0 Å². The van der Waals surface area contributed by atoms with Crippen molar-refractivity contribution in [1.82, 2.24) is 5.32 Å². The third-order valence-electron chi connectivity index (χ3n) is 5.52. The zero-order chi connectivity index (χ0) is 21.6. The fourth-order valence-electron chi connectivity index (χ4n) is 3.82. The molecule has 2 atom stereocenters. The van der Waals surface area contributed by atoms with Gasteiger partial charge in [0.2, 0.25) is 0 Å². The van der Waals surface area contributed by atoms with Crippen molar-refractivity contribution in [3.63, 3.8) is 0 Å². The quantitative estimate of drug-likeness (QED) is 0.622. The van der Waals surface area contributed by atoms with Crippen LogP contribution in [0.1, 0.15) is 47.2 Å². The molecule has 0 unspecified atom stereocenters. The minimum atomic E-state index is -4.77. The summed E-state index contributed by atoms with van der Waals surface area (Å²) in [6, 6.07) is 6.07. The van der Waals surface area contributed by atoms with Crippen molar-refractivity contribution in [2.24, 2.45) is 0 Å². The molecule has 0 radical (unpaired) electrons. The van der Waals surface area contributed by atoms with Crippen LogP contribution in [-0.2, 0) is 12.0 Å². The van der Waals surface area contributed by atoms with Crippen LogP contribution in [-0.4, -0.2) is 17.3 Å². The lowest BCUT2D eigenvalue weighted by Crippen LogP contribution is -2.40. The number of carbonyl (C=O) groups is 1. The minimum Gasteiger partial charge on any atom is -0.376 e. The van der Waals surface area contributed by atoms with E-state index in [2.05, 4.69) is 10.6 Å². The predicted molar refractivity (Wildman–Crippen MR) is 101 cm³/mol. The smallest absolute Gasteiger partial charge is 0.376 e. The number of amides is 2. The average molecular weight is 410 g/mol. The lowest BCUT2D eigenvalue weighted by Gasteiger charge is -2.28. The van der Waals surface area contributed by atoms with E-state index < -0.39 is 30.3 Å². The van der Waals surface area contributed by atoms with Gasteiger partial charge in [0.25, 0.3) is 0 Å². The molecule has 0 saturated heterocycles. The predicted octanol–water partition coefficient (Wildman–Crippen LogP) is 5.02. The summed E-state index contributed by atoms with van der Waals surface area (Å²) in [6.07, 6.45) is -5.14. The van der Waals surface area contributed by atoms with E-state index in [4.69, 9.17) is 0 Å². The number of hydrogen-bond acceptors (Lipinski definition) is 2. The Kier molecular flexibility index (Phi) is 5.34. The maximum Gasteiger partial charge on any atom is 0.421 e. The van der Waals surface area contributed by atoms with Gasteiger partial charge in [-0.1, -0.05) is 18.2 Å². The Labute approximate surface area is 165 Å².